The number of anilines is 2. The molecule has 3 rings (SSSR count). The Kier molecular flexibility index (Phi) is 4.22. The Labute approximate surface area is 133 Å². The lowest BCUT2D eigenvalue weighted by Gasteiger charge is -2.14. The second-order valence-electron chi connectivity index (χ2n) is 5.24. The van der Waals surface area contributed by atoms with Gasteiger partial charge in [-0.15, -0.1) is 11.3 Å². The van der Waals surface area contributed by atoms with Gasteiger partial charge < -0.3 is 15.3 Å². The van der Waals surface area contributed by atoms with E-state index in [1.807, 2.05) is 43.3 Å². The van der Waals surface area contributed by atoms with Crippen LogP contribution in [0, 0.1) is 0 Å². The highest BCUT2D eigenvalue weighted by Gasteiger charge is 2.11. The van der Waals surface area contributed by atoms with E-state index in [9.17, 15) is 5.11 Å². The standard InChI is InChI=1S/C16H18N4OS/c1-20(2)16-8-15(18-10-19-16)17-9-12(21)14-7-11-5-3-4-6-13(11)22-14/h3-8,10,12,21H,9H2,1-2H3,(H,17,18,19). The minimum absolute atomic E-state index is 0.413. The van der Waals surface area contributed by atoms with Crippen LogP contribution in [0.1, 0.15) is 11.0 Å². The monoisotopic (exact) mass is 314 g/mol. The molecule has 2 N–H and O–H groups in total. The van der Waals surface area contributed by atoms with Crippen LogP contribution in [0.15, 0.2) is 42.7 Å². The van der Waals surface area contributed by atoms with Crippen molar-refractivity contribution in [1.29, 1.82) is 0 Å². The van der Waals surface area contributed by atoms with E-state index in [2.05, 4.69) is 27.4 Å². The topological polar surface area (TPSA) is 61.3 Å². The third kappa shape index (κ3) is 3.18. The summed E-state index contributed by atoms with van der Waals surface area (Å²) in [6.07, 6.45) is 0.957. The molecule has 3 aromatic rings. The first-order valence-corrected chi connectivity index (χ1v) is 7.85. The van der Waals surface area contributed by atoms with Crippen molar-refractivity contribution in [3.63, 3.8) is 0 Å². The van der Waals surface area contributed by atoms with E-state index in [-0.39, 0.29) is 0 Å². The molecule has 0 spiro atoms. The fourth-order valence-corrected chi connectivity index (χ4v) is 3.21. The van der Waals surface area contributed by atoms with E-state index in [1.165, 1.54) is 16.4 Å². The van der Waals surface area contributed by atoms with E-state index in [0.717, 1.165) is 10.7 Å². The zero-order valence-corrected chi connectivity index (χ0v) is 13.3. The van der Waals surface area contributed by atoms with Crippen molar-refractivity contribution in [2.75, 3.05) is 30.9 Å². The van der Waals surface area contributed by atoms with Crippen LogP contribution in [0.2, 0.25) is 0 Å². The van der Waals surface area contributed by atoms with Crippen molar-refractivity contribution < 1.29 is 5.11 Å². The van der Waals surface area contributed by atoms with Crippen LogP contribution in [0.25, 0.3) is 10.1 Å². The van der Waals surface area contributed by atoms with Crippen LogP contribution in [0.3, 0.4) is 0 Å². The number of nitrogens with one attached hydrogen (secondary N) is 1. The number of fused-ring (bicyclic) bond motifs is 1. The van der Waals surface area contributed by atoms with Gasteiger partial charge in [0.15, 0.2) is 0 Å². The summed E-state index contributed by atoms with van der Waals surface area (Å²) >= 11 is 1.62. The first kappa shape index (κ1) is 14.7. The first-order chi connectivity index (χ1) is 10.6. The first-order valence-electron chi connectivity index (χ1n) is 7.03. The summed E-state index contributed by atoms with van der Waals surface area (Å²) in [4.78, 5) is 11.2. The summed E-state index contributed by atoms with van der Waals surface area (Å²) in [5.74, 6) is 1.53. The minimum Gasteiger partial charge on any atom is -0.386 e. The Hall–Kier alpha value is -2.18. The molecule has 0 aliphatic rings. The Balaban J connectivity index is 1.69. The van der Waals surface area contributed by atoms with Gasteiger partial charge in [0.05, 0.1) is 0 Å². The van der Waals surface area contributed by atoms with Gasteiger partial charge >= 0.3 is 0 Å². The Morgan fingerprint density at radius 2 is 2.05 bits per heavy atom. The average Bonchev–Trinajstić information content (AvgIpc) is 2.97. The van der Waals surface area contributed by atoms with E-state index in [0.29, 0.717) is 12.4 Å². The molecule has 1 unspecified atom stereocenters. The Morgan fingerprint density at radius 1 is 1.23 bits per heavy atom. The summed E-state index contributed by atoms with van der Waals surface area (Å²) in [6, 6.07) is 12.0. The summed E-state index contributed by atoms with van der Waals surface area (Å²) in [5, 5.41) is 14.7. The zero-order valence-electron chi connectivity index (χ0n) is 12.5. The minimum atomic E-state index is -0.560. The van der Waals surface area contributed by atoms with Crippen LogP contribution >= 0.6 is 11.3 Å². The van der Waals surface area contributed by atoms with E-state index < -0.39 is 6.10 Å². The predicted molar refractivity (Wildman–Crippen MR) is 91.6 cm³/mol. The molecule has 22 heavy (non-hydrogen) atoms. The third-order valence-electron chi connectivity index (χ3n) is 3.36. The number of aliphatic hydroxyl groups is 1. The van der Waals surface area contributed by atoms with Crippen LogP contribution < -0.4 is 10.2 Å². The second kappa shape index (κ2) is 6.29. The maximum absolute atomic E-state index is 10.4. The van der Waals surface area contributed by atoms with Crippen molar-refractivity contribution in [3.8, 4) is 0 Å². The van der Waals surface area contributed by atoms with Crippen LogP contribution in [-0.4, -0.2) is 35.7 Å². The van der Waals surface area contributed by atoms with Gasteiger partial charge in [0.1, 0.15) is 24.1 Å². The molecular formula is C16H18N4OS. The Bertz CT molecular complexity index is 738. The quantitative estimate of drug-likeness (QED) is 0.758. The molecule has 0 saturated carbocycles. The van der Waals surface area contributed by atoms with Gasteiger partial charge in [-0.05, 0) is 17.5 Å². The Morgan fingerprint density at radius 3 is 2.82 bits per heavy atom. The van der Waals surface area contributed by atoms with E-state index in [4.69, 9.17) is 0 Å². The van der Waals surface area contributed by atoms with Gasteiger partial charge in [-0.3, -0.25) is 0 Å². The van der Waals surface area contributed by atoms with Crippen molar-refractivity contribution >= 4 is 33.1 Å². The summed E-state index contributed by atoms with van der Waals surface area (Å²) in [7, 11) is 3.86. The third-order valence-corrected chi connectivity index (χ3v) is 4.58. The molecule has 2 aromatic heterocycles. The molecule has 114 valence electrons. The molecular weight excluding hydrogens is 296 g/mol. The molecule has 5 nitrogen and oxygen atoms in total. The molecule has 1 aromatic carbocycles. The molecule has 0 bridgehead atoms. The summed E-state index contributed by atoms with van der Waals surface area (Å²) in [6.45, 7) is 0.413. The smallest absolute Gasteiger partial charge is 0.133 e. The van der Waals surface area contributed by atoms with Crippen molar-refractivity contribution in [2.24, 2.45) is 0 Å². The zero-order chi connectivity index (χ0) is 15.5. The highest BCUT2D eigenvalue weighted by molar-refractivity contribution is 7.19. The molecule has 6 heteroatoms. The van der Waals surface area contributed by atoms with Crippen LogP contribution in [0.5, 0.6) is 0 Å². The molecule has 0 aliphatic heterocycles. The highest BCUT2D eigenvalue weighted by atomic mass is 32.1. The number of hydrogen-bond acceptors (Lipinski definition) is 6. The van der Waals surface area contributed by atoms with Gasteiger partial charge in [-0.2, -0.15) is 0 Å². The summed E-state index contributed by atoms with van der Waals surface area (Å²) in [5.41, 5.74) is 0. The second-order valence-corrected chi connectivity index (χ2v) is 6.35. The number of thiophene rings is 1. The maximum Gasteiger partial charge on any atom is 0.133 e. The molecule has 0 radical (unpaired) electrons. The van der Waals surface area contributed by atoms with Crippen LogP contribution in [0.4, 0.5) is 11.6 Å². The molecule has 0 fully saturated rings. The number of benzene rings is 1. The van der Waals surface area contributed by atoms with Crippen molar-refractivity contribution in [1.82, 2.24) is 9.97 Å². The molecule has 0 saturated heterocycles. The average molecular weight is 314 g/mol. The lowest BCUT2D eigenvalue weighted by atomic mass is 10.2. The largest absolute Gasteiger partial charge is 0.386 e. The fraction of sp³-hybridized carbons (Fsp3) is 0.250. The van der Waals surface area contributed by atoms with Gasteiger partial charge in [-0.1, -0.05) is 18.2 Å². The number of hydrogen-bond donors (Lipinski definition) is 2. The predicted octanol–water partition coefficient (Wildman–Crippen LogP) is 2.90. The lowest BCUT2D eigenvalue weighted by Crippen LogP contribution is -2.14. The van der Waals surface area contributed by atoms with Gasteiger partial charge in [0, 0.05) is 36.3 Å². The summed E-state index contributed by atoms with van der Waals surface area (Å²) < 4.78 is 1.19. The van der Waals surface area contributed by atoms with Gasteiger partial charge in [0.2, 0.25) is 0 Å². The van der Waals surface area contributed by atoms with Crippen LogP contribution in [-0.2, 0) is 0 Å². The number of rotatable bonds is 5. The normalized spacial score (nSPS) is 12.3. The van der Waals surface area contributed by atoms with Crippen molar-refractivity contribution in [3.05, 3.63) is 47.6 Å². The van der Waals surface area contributed by atoms with E-state index in [1.54, 1.807) is 11.3 Å². The highest BCUT2D eigenvalue weighted by Crippen LogP contribution is 2.29. The maximum atomic E-state index is 10.4. The van der Waals surface area contributed by atoms with Gasteiger partial charge in [0.25, 0.3) is 0 Å². The molecule has 1 atom stereocenters. The molecule has 0 aliphatic carbocycles. The number of aromatic nitrogens is 2. The number of nitrogens with zero attached hydrogens (tertiary/aromatic N) is 3. The van der Waals surface area contributed by atoms with Gasteiger partial charge in [-0.25, -0.2) is 9.97 Å². The van der Waals surface area contributed by atoms with E-state index >= 15 is 0 Å². The van der Waals surface area contributed by atoms with Crippen molar-refractivity contribution in [2.45, 2.75) is 6.10 Å². The number of aliphatic hydroxyl groups excluding tert-OH is 1. The SMILES string of the molecule is CN(C)c1cc(NCC(O)c2cc3ccccc3s2)ncn1. The lowest BCUT2D eigenvalue weighted by molar-refractivity contribution is 0.195. The molecule has 2 heterocycles. The molecule has 0 amide bonds. The fourth-order valence-electron chi connectivity index (χ4n) is 2.16.